The van der Waals surface area contributed by atoms with Crippen molar-refractivity contribution in [1.29, 1.82) is 0 Å². The van der Waals surface area contributed by atoms with Crippen LogP contribution in [0.3, 0.4) is 0 Å². The van der Waals surface area contributed by atoms with E-state index < -0.39 is 0 Å². The predicted octanol–water partition coefficient (Wildman–Crippen LogP) is 1.99. The van der Waals surface area contributed by atoms with Crippen LogP contribution in [0.1, 0.15) is 26.1 Å². The fourth-order valence-electron chi connectivity index (χ4n) is 2.33. The summed E-state index contributed by atoms with van der Waals surface area (Å²) in [5.41, 5.74) is 0. The Hall–Kier alpha value is -1.36. The van der Waals surface area contributed by atoms with E-state index in [1.165, 1.54) is 0 Å². The molecule has 20 heavy (non-hydrogen) atoms. The second kappa shape index (κ2) is 6.88. The first kappa shape index (κ1) is 15.0. The van der Waals surface area contributed by atoms with Gasteiger partial charge in [0.25, 0.3) is 0 Å². The highest BCUT2D eigenvalue weighted by atomic mass is 15.3. The van der Waals surface area contributed by atoms with Crippen LogP contribution in [0.4, 0.5) is 11.6 Å². The molecule has 112 valence electrons. The zero-order valence-corrected chi connectivity index (χ0v) is 13.2. The number of likely N-dealkylation sites (N-methyl/N-ethyl adjacent to an activating group) is 1. The lowest BCUT2D eigenvalue weighted by molar-refractivity contribution is 0.312. The summed E-state index contributed by atoms with van der Waals surface area (Å²) in [5.74, 6) is 3.56. The Morgan fingerprint density at radius 3 is 2.55 bits per heavy atom. The van der Waals surface area contributed by atoms with Crippen molar-refractivity contribution < 1.29 is 0 Å². The predicted molar refractivity (Wildman–Crippen MR) is 84.4 cm³/mol. The first-order valence-corrected chi connectivity index (χ1v) is 7.57. The molecule has 0 aliphatic carbocycles. The molecule has 0 radical (unpaired) electrons. The van der Waals surface area contributed by atoms with Gasteiger partial charge in [0.2, 0.25) is 0 Å². The van der Waals surface area contributed by atoms with E-state index in [1.54, 1.807) is 0 Å². The molecule has 0 aromatic carbocycles. The van der Waals surface area contributed by atoms with Crippen molar-refractivity contribution in [2.75, 3.05) is 50.0 Å². The van der Waals surface area contributed by atoms with Gasteiger partial charge in [-0.2, -0.15) is 0 Å². The van der Waals surface area contributed by atoms with Crippen LogP contribution < -0.4 is 10.2 Å². The van der Waals surface area contributed by atoms with Gasteiger partial charge in [-0.05, 0) is 26.3 Å². The molecule has 1 N–H and O–H groups in total. The Morgan fingerprint density at radius 1 is 1.20 bits per heavy atom. The SMILES string of the molecule is Cc1nc(NCCC(C)C)cc(N2CCN(C)CC2)n1. The first-order valence-electron chi connectivity index (χ1n) is 7.57. The van der Waals surface area contributed by atoms with Crippen molar-refractivity contribution in [2.45, 2.75) is 27.2 Å². The molecule has 0 bridgehead atoms. The van der Waals surface area contributed by atoms with Crippen molar-refractivity contribution in [1.82, 2.24) is 14.9 Å². The molecule has 0 unspecified atom stereocenters. The third-order valence-electron chi connectivity index (χ3n) is 3.68. The molecule has 5 nitrogen and oxygen atoms in total. The minimum absolute atomic E-state index is 0.711. The quantitative estimate of drug-likeness (QED) is 0.892. The normalized spacial score (nSPS) is 16.8. The first-order chi connectivity index (χ1) is 9.54. The molecule has 1 aromatic rings. The third-order valence-corrected chi connectivity index (χ3v) is 3.68. The maximum atomic E-state index is 4.58. The van der Waals surface area contributed by atoms with Gasteiger partial charge < -0.3 is 15.1 Å². The van der Waals surface area contributed by atoms with E-state index in [9.17, 15) is 0 Å². The van der Waals surface area contributed by atoms with Crippen molar-refractivity contribution in [3.05, 3.63) is 11.9 Å². The molecule has 2 rings (SSSR count). The van der Waals surface area contributed by atoms with Crippen LogP contribution in [0, 0.1) is 12.8 Å². The van der Waals surface area contributed by atoms with Crippen LogP contribution in [0.15, 0.2) is 6.07 Å². The molecule has 1 aliphatic heterocycles. The van der Waals surface area contributed by atoms with Crippen LogP contribution in [0.5, 0.6) is 0 Å². The molecule has 0 saturated carbocycles. The van der Waals surface area contributed by atoms with Gasteiger partial charge in [-0.25, -0.2) is 9.97 Å². The van der Waals surface area contributed by atoms with E-state index in [1.807, 2.05) is 6.92 Å². The number of hydrogen-bond donors (Lipinski definition) is 1. The van der Waals surface area contributed by atoms with Crippen molar-refractivity contribution >= 4 is 11.6 Å². The number of hydrogen-bond acceptors (Lipinski definition) is 5. The summed E-state index contributed by atoms with van der Waals surface area (Å²) < 4.78 is 0. The summed E-state index contributed by atoms with van der Waals surface area (Å²) in [4.78, 5) is 13.8. The summed E-state index contributed by atoms with van der Waals surface area (Å²) in [6, 6.07) is 2.08. The maximum Gasteiger partial charge on any atom is 0.134 e. The van der Waals surface area contributed by atoms with Gasteiger partial charge in [-0.15, -0.1) is 0 Å². The van der Waals surface area contributed by atoms with E-state index in [0.717, 1.165) is 56.6 Å². The number of aryl methyl sites for hydroxylation is 1. The summed E-state index contributed by atoms with van der Waals surface area (Å²) >= 11 is 0. The molecule has 0 spiro atoms. The second-order valence-electron chi connectivity index (χ2n) is 6.06. The van der Waals surface area contributed by atoms with Crippen molar-refractivity contribution in [3.8, 4) is 0 Å². The van der Waals surface area contributed by atoms with E-state index in [-0.39, 0.29) is 0 Å². The summed E-state index contributed by atoms with van der Waals surface area (Å²) in [6.07, 6.45) is 1.16. The zero-order chi connectivity index (χ0) is 14.5. The van der Waals surface area contributed by atoms with E-state index in [0.29, 0.717) is 5.92 Å². The molecule has 1 saturated heterocycles. The highest BCUT2D eigenvalue weighted by Crippen LogP contribution is 2.17. The summed E-state index contributed by atoms with van der Waals surface area (Å²) in [5, 5.41) is 3.42. The number of nitrogens with one attached hydrogen (secondary N) is 1. The zero-order valence-electron chi connectivity index (χ0n) is 13.2. The average Bonchev–Trinajstić information content (AvgIpc) is 2.38. The molecule has 1 fully saturated rings. The fourth-order valence-corrected chi connectivity index (χ4v) is 2.33. The lowest BCUT2D eigenvalue weighted by atomic mass is 10.1. The average molecular weight is 277 g/mol. The molecule has 1 aromatic heterocycles. The fraction of sp³-hybridized carbons (Fsp3) is 0.733. The molecule has 0 atom stereocenters. The third kappa shape index (κ3) is 4.34. The Bertz CT molecular complexity index is 424. The second-order valence-corrected chi connectivity index (χ2v) is 6.06. The van der Waals surface area contributed by atoms with Crippen LogP contribution in [-0.4, -0.2) is 54.6 Å². The topological polar surface area (TPSA) is 44.3 Å². The van der Waals surface area contributed by atoms with Crippen molar-refractivity contribution in [3.63, 3.8) is 0 Å². The highest BCUT2D eigenvalue weighted by molar-refractivity contribution is 5.49. The van der Waals surface area contributed by atoms with Gasteiger partial charge in [0.15, 0.2) is 0 Å². The van der Waals surface area contributed by atoms with E-state index in [4.69, 9.17) is 0 Å². The molecule has 1 aliphatic rings. The minimum Gasteiger partial charge on any atom is -0.370 e. The van der Waals surface area contributed by atoms with Crippen LogP contribution in [0.2, 0.25) is 0 Å². The highest BCUT2D eigenvalue weighted by Gasteiger charge is 2.16. The van der Waals surface area contributed by atoms with E-state index in [2.05, 4.69) is 52.0 Å². The lowest BCUT2D eigenvalue weighted by Crippen LogP contribution is -2.44. The van der Waals surface area contributed by atoms with Gasteiger partial charge in [-0.3, -0.25) is 0 Å². The van der Waals surface area contributed by atoms with E-state index >= 15 is 0 Å². The summed E-state index contributed by atoms with van der Waals surface area (Å²) in [6.45, 7) is 11.7. The minimum atomic E-state index is 0.711. The Morgan fingerprint density at radius 2 is 1.90 bits per heavy atom. The van der Waals surface area contributed by atoms with Crippen molar-refractivity contribution in [2.24, 2.45) is 5.92 Å². The number of rotatable bonds is 5. The lowest BCUT2D eigenvalue weighted by Gasteiger charge is -2.33. The summed E-state index contributed by atoms with van der Waals surface area (Å²) in [7, 11) is 2.17. The van der Waals surface area contributed by atoms with Gasteiger partial charge in [-0.1, -0.05) is 13.8 Å². The molecule has 5 heteroatoms. The molecule has 0 amide bonds. The molecule has 2 heterocycles. The molecular weight excluding hydrogens is 250 g/mol. The Labute approximate surface area is 122 Å². The molecular formula is C15H27N5. The van der Waals surface area contributed by atoms with Crippen LogP contribution in [0.25, 0.3) is 0 Å². The van der Waals surface area contributed by atoms with Gasteiger partial charge >= 0.3 is 0 Å². The van der Waals surface area contributed by atoms with Gasteiger partial charge in [0.1, 0.15) is 17.5 Å². The number of nitrogens with zero attached hydrogens (tertiary/aromatic N) is 4. The number of piperazine rings is 1. The Balaban J connectivity index is 2.00. The van der Waals surface area contributed by atoms with Gasteiger partial charge in [0.05, 0.1) is 0 Å². The van der Waals surface area contributed by atoms with Crippen LogP contribution >= 0.6 is 0 Å². The number of aromatic nitrogens is 2. The Kier molecular flexibility index (Phi) is 5.17. The standard InChI is InChI=1S/C15H27N5/c1-12(2)5-6-16-14-11-15(18-13(3)17-14)20-9-7-19(4)8-10-20/h11-12H,5-10H2,1-4H3,(H,16,17,18). The number of anilines is 2. The monoisotopic (exact) mass is 277 g/mol. The van der Waals surface area contributed by atoms with Gasteiger partial charge in [0, 0.05) is 38.8 Å². The maximum absolute atomic E-state index is 4.58. The smallest absolute Gasteiger partial charge is 0.134 e. The largest absolute Gasteiger partial charge is 0.370 e. The van der Waals surface area contributed by atoms with Crippen LogP contribution in [-0.2, 0) is 0 Å².